The maximum atomic E-state index is 3.61. The summed E-state index contributed by atoms with van der Waals surface area (Å²) in [5, 5.41) is 5.75. The minimum absolute atomic E-state index is 0.548. The summed E-state index contributed by atoms with van der Waals surface area (Å²) in [6.07, 6.45) is 1.14. The third-order valence-corrected chi connectivity index (χ3v) is 4.24. The van der Waals surface area contributed by atoms with Crippen LogP contribution in [0.5, 0.6) is 0 Å². The van der Waals surface area contributed by atoms with Gasteiger partial charge in [-0.3, -0.25) is 4.90 Å². The van der Waals surface area contributed by atoms with Crippen molar-refractivity contribution in [2.24, 2.45) is 0 Å². The Balaban J connectivity index is 1.56. The van der Waals surface area contributed by atoms with Gasteiger partial charge in [0.1, 0.15) is 0 Å². The first-order valence-electron chi connectivity index (χ1n) is 6.36. The van der Waals surface area contributed by atoms with E-state index in [9.17, 15) is 0 Å². The first-order valence-corrected chi connectivity index (χ1v) is 7.24. The second-order valence-electron chi connectivity index (χ2n) is 4.98. The average molecular weight is 258 g/mol. The SMILES string of the molecule is CN(Cc1cccs1)CC1Cc2ccccc2N1. The Bertz CT molecular complexity index is 482. The number of rotatable bonds is 4. The summed E-state index contributed by atoms with van der Waals surface area (Å²) >= 11 is 1.83. The van der Waals surface area contributed by atoms with Crippen LogP contribution in [-0.2, 0) is 13.0 Å². The summed E-state index contributed by atoms with van der Waals surface area (Å²) < 4.78 is 0. The molecule has 1 unspecified atom stereocenters. The highest BCUT2D eigenvalue weighted by Gasteiger charge is 2.20. The van der Waals surface area contributed by atoms with E-state index in [4.69, 9.17) is 0 Å². The van der Waals surface area contributed by atoms with E-state index < -0.39 is 0 Å². The van der Waals surface area contributed by atoms with E-state index >= 15 is 0 Å². The van der Waals surface area contributed by atoms with Gasteiger partial charge in [-0.1, -0.05) is 24.3 Å². The standard InChI is InChI=1S/C15H18N2S/c1-17(11-14-6-4-8-18-14)10-13-9-12-5-2-3-7-15(12)16-13/h2-8,13,16H,9-11H2,1H3. The van der Waals surface area contributed by atoms with Crippen LogP contribution in [0.25, 0.3) is 0 Å². The zero-order valence-corrected chi connectivity index (χ0v) is 11.4. The fraction of sp³-hybridized carbons (Fsp3) is 0.333. The summed E-state index contributed by atoms with van der Waals surface area (Å²) in [5.74, 6) is 0. The van der Waals surface area contributed by atoms with Crippen LogP contribution in [0.4, 0.5) is 5.69 Å². The van der Waals surface area contributed by atoms with E-state index in [2.05, 4.69) is 59.0 Å². The summed E-state index contributed by atoms with van der Waals surface area (Å²) in [4.78, 5) is 3.84. The summed E-state index contributed by atoms with van der Waals surface area (Å²) in [6.45, 7) is 2.14. The van der Waals surface area contributed by atoms with Crippen LogP contribution in [0, 0.1) is 0 Å². The van der Waals surface area contributed by atoms with E-state index in [1.54, 1.807) is 0 Å². The quantitative estimate of drug-likeness (QED) is 0.906. The molecule has 0 spiro atoms. The van der Waals surface area contributed by atoms with Gasteiger partial charge in [0.15, 0.2) is 0 Å². The van der Waals surface area contributed by atoms with Gasteiger partial charge in [-0.05, 0) is 36.5 Å². The molecule has 2 heterocycles. The van der Waals surface area contributed by atoms with Crippen LogP contribution >= 0.6 is 11.3 Å². The predicted molar refractivity (Wildman–Crippen MR) is 78.2 cm³/mol. The van der Waals surface area contributed by atoms with Crippen LogP contribution in [0.15, 0.2) is 41.8 Å². The molecular weight excluding hydrogens is 240 g/mol. The van der Waals surface area contributed by atoms with E-state index in [1.807, 2.05) is 11.3 Å². The summed E-state index contributed by atoms with van der Waals surface area (Å²) in [6, 6.07) is 13.5. The smallest absolute Gasteiger partial charge is 0.0429 e. The molecule has 1 aromatic carbocycles. The molecule has 1 atom stereocenters. The largest absolute Gasteiger partial charge is 0.380 e. The topological polar surface area (TPSA) is 15.3 Å². The Morgan fingerprint density at radius 3 is 2.94 bits per heavy atom. The summed E-state index contributed by atoms with van der Waals surface area (Å²) in [5.41, 5.74) is 2.76. The summed E-state index contributed by atoms with van der Waals surface area (Å²) in [7, 11) is 2.20. The number of fused-ring (bicyclic) bond motifs is 1. The van der Waals surface area contributed by atoms with Crippen LogP contribution < -0.4 is 5.32 Å². The van der Waals surface area contributed by atoms with Crippen molar-refractivity contribution in [1.82, 2.24) is 4.90 Å². The predicted octanol–water partition coefficient (Wildman–Crippen LogP) is 3.22. The van der Waals surface area contributed by atoms with Crippen molar-refractivity contribution < 1.29 is 0 Å². The van der Waals surface area contributed by atoms with Gasteiger partial charge >= 0.3 is 0 Å². The molecule has 0 radical (unpaired) electrons. The second-order valence-corrected chi connectivity index (χ2v) is 6.01. The van der Waals surface area contributed by atoms with Crippen molar-refractivity contribution in [3.63, 3.8) is 0 Å². The average Bonchev–Trinajstić information content (AvgIpc) is 2.96. The third kappa shape index (κ3) is 2.57. The number of nitrogens with zero attached hydrogens (tertiary/aromatic N) is 1. The molecule has 2 aromatic rings. The molecular formula is C15H18N2S. The zero-order valence-electron chi connectivity index (χ0n) is 10.6. The number of hydrogen-bond acceptors (Lipinski definition) is 3. The van der Waals surface area contributed by atoms with Gasteiger partial charge in [0.05, 0.1) is 0 Å². The van der Waals surface area contributed by atoms with Crippen molar-refractivity contribution in [1.29, 1.82) is 0 Å². The molecule has 1 aromatic heterocycles. The molecule has 0 fully saturated rings. The molecule has 3 heteroatoms. The van der Waals surface area contributed by atoms with E-state index in [0.717, 1.165) is 19.5 Å². The van der Waals surface area contributed by atoms with Crippen LogP contribution in [0.1, 0.15) is 10.4 Å². The Morgan fingerprint density at radius 2 is 2.17 bits per heavy atom. The molecule has 3 rings (SSSR count). The number of benzene rings is 1. The first kappa shape index (κ1) is 11.8. The second kappa shape index (κ2) is 5.12. The minimum atomic E-state index is 0.548. The normalized spacial score (nSPS) is 17.8. The van der Waals surface area contributed by atoms with Crippen molar-refractivity contribution in [3.05, 3.63) is 52.2 Å². The number of thiophene rings is 1. The van der Waals surface area contributed by atoms with Gasteiger partial charge in [-0.15, -0.1) is 11.3 Å². The molecule has 1 aliphatic rings. The molecule has 1 N–H and O–H groups in total. The fourth-order valence-corrected chi connectivity index (χ4v) is 3.38. The van der Waals surface area contributed by atoms with E-state index in [-0.39, 0.29) is 0 Å². The Labute approximate surface area is 112 Å². The van der Waals surface area contributed by atoms with Gasteiger partial charge in [-0.2, -0.15) is 0 Å². The molecule has 1 aliphatic heterocycles. The van der Waals surface area contributed by atoms with Gasteiger partial charge in [-0.25, -0.2) is 0 Å². The Hall–Kier alpha value is -1.32. The Kier molecular flexibility index (Phi) is 3.35. The molecule has 0 amide bonds. The van der Waals surface area contributed by atoms with Crippen LogP contribution in [-0.4, -0.2) is 24.5 Å². The monoisotopic (exact) mass is 258 g/mol. The highest BCUT2D eigenvalue weighted by atomic mass is 32.1. The minimum Gasteiger partial charge on any atom is -0.380 e. The van der Waals surface area contributed by atoms with Crippen molar-refractivity contribution in [2.75, 3.05) is 18.9 Å². The van der Waals surface area contributed by atoms with Gasteiger partial charge < -0.3 is 5.32 Å². The van der Waals surface area contributed by atoms with Crippen LogP contribution in [0.3, 0.4) is 0 Å². The van der Waals surface area contributed by atoms with Gasteiger partial charge in [0.25, 0.3) is 0 Å². The molecule has 18 heavy (non-hydrogen) atoms. The van der Waals surface area contributed by atoms with E-state index in [1.165, 1.54) is 16.1 Å². The molecule has 0 aliphatic carbocycles. The van der Waals surface area contributed by atoms with Crippen molar-refractivity contribution in [3.8, 4) is 0 Å². The number of hydrogen-bond donors (Lipinski definition) is 1. The number of para-hydroxylation sites is 1. The molecule has 94 valence electrons. The lowest BCUT2D eigenvalue weighted by Gasteiger charge is -2.20. The lowest BCUT2D eigenvalue weighted by Crippen LogP contribution is -2.32. The molecule has 0 bridgehead atoms. The lowest BCUT2D eigenvalue weighted by atomic mass is 10.1. The molecule has 0 saturated heterocycles. The Morgan fingerprint density at radius 1 is 1.28 bits per heavy atom. The highest BCUT2D eigenvalue weighted by Crippen LogP contribution is 2.25. The van der Waals surface area contributed by atoms with E-state index in [0.29, 0.717) is 6.04 Å². The zero-order chi connectivity index (χ0) is 12.4. The maximum absolute atomic E-state index is 3.61. The van der Waals surface area contributed by atoms with Crippen molar-refractivity contribution >= 4 is 17.0 Å². The molecule has 2 nitrogen and oxygen atoms in total. The fourth-order valence-electron chi connectivity index (χ4n) is 2.60. The van der Waals surface area contributed by atoms with Gasteiger partial charge in [0.2, 0.25) is 0 Å². The molecule has 0 saturated carbocycles. The number of anilines is 1. The first-order chi connectivity index (χ1) is 8.81. The number of likely N-dealkylation sites (N-methyl/N-ethyl adjacent to an activating group) is 1. The number of nitrogens with one attached hydrogen (secondary N) is 1. The maximum Gasteiger partial charge on any atom is 0.0429 e. The third-order valence-electron chi connectivity index (χ3n) is 3.38. The highest BCUT2D eigenvalue weighted by molar-refractivity contribution is 7.09. The van der Waals surface area contributed by atoms with Crippen molar-refractivity contribution in [2.45, 2.75) is 19.0 Å². The van der Waals surface area contributed by atoms with Gasteiger partial charge in [0, 0.05) is 29.7 Å². The lowest BCUT2D eigenvalue weighted by molar-refractivity contribution is 0.315. The van der Waals surface area contributed by atoms with Crippen LogP contribution in [0.2, 0.25) is 0 Å².